The first-order valence-corrected chi connectivity index (χ1v) is 13.1. The van der Waals surface area contributed by atoms with Gasteiger partial charge in [-0.15, -0.1) is 0 Å². The highest BCUT2D eigenvalue weighted by atomic mass is 32.2. The number of carbonyl (C=O) groups is 1. The van der Waals surface area contributed by atoms with Gasteiger partial charge in [0.15, 0.2) is 9.84 Å². The molecule has 7 nitrogen and oxygen atoms in total. The van der Waals surface area contributed by atoms with Gasteiger partial charge in [-0.05, 0) is 81.0 Å². The molecule has 3 aliphatic rings. The minimum atomic E-state index is -3.20. The van der Waals surface area contributed by atoms with E-state index in [1.54, 1.807) is 29.2 Å². The molecule has 2 atom stereocenters. The van der Waals surface area contributed by atoms with Gasteiger partial charge in [0.25, 0.3) is 0 Å². The summed E-state index contributed by atoms with van der Waals surface area (Å²) in [7, 11) is -3.20. The standard InChI is InChI=1S/C23H33NO6S/c1-23(12-13-23)21-15-19(11-14-24(21)22(25)26)30-17-5-3-16(4-6-17)29-18-7-9-20(10-8-18)31(2,27)28/h7-10,16-17,19,21H,3-6,11-15H2,1-2H3,(H,25,26)/t16?,17?,19-,21?/m1/s1. The van der Waals surface area contributed by atoms with Crippen molar-refractivity contribution in [2.24, 2.45) is 5.41 Å². The van der Waals surface area contributed by atoms with Gasteiger partial charge in [0.1, 0.15) is 5.75 Å². The monoisotopic (exact) mass is 451 g/mol. The predicted molar refractivity (Wildman–Crippen MR) is 116 cm³/mol. The molecule has 4 rings (SSSR count). The molecule has 3 fully saturated rings. The van der Waals surface area contributed by atoms with Crippen molar-refractivity contribution in [2.75, 3.05) is 12.8 Å². The Labute approximate surface area is 184 Å². The topological polar surface area (TPSA) is 93.1 Å². The van der Waals surface area contributed by atoms with E-state index < -0.39 is 15.9 Å². The van der Waals surface area contributed by atoms with Crippen LogP contribution in [0.2, 0.25) is 0 Å². The van der Waals surface area contributed by atoms with E-state index in [1.807, 2.05) is 0 Å². The highest BCUT2D eigenvalue weighted by molar-refractivity contribution is 7.90. The van der Waals surface area contributed by atoms with Gasteiger partial charge in [-0.3, -0.25) is 0 Å². The highest BCUT2D eigenvalue weighted by Gasteiger charge is 2.51. The second-order valence-electron chi connectivity index (χ2n) is 9.69. The van der Waals surface area contributed by atoms with E-state index in [0.717, 1.165) is 51.4 Å². The molecule has 0 aromatic heterocycles. The maximum atomic E-state index is 11.6. The quantitative estimate of drug-likeness (QED) is 0.700. The van der Waals surface area contributed by atoms with Crippen molar-refractivity contribution in [1.29, 1.82) is 0 Å². The van der Waals surface area contributed by atoms with Crippen LogP contribution >= 0.6 is 0 Å². The Hall–Kier alpha value is -1.80. The summed E-state index contributed by atoms with van der Waals surface area (Å²) in [4.78, 5) is 13.6. The summed E-state index contributed by atoms with van der Waals surface area (Å²) in [6.45, 7) is 2.75. The van der Waals surface area contributed by atoms with Crippen LogP contribution in [0.3, 0.4) is 0 Å². The highest BCUT2D eigenvalue weighted by Crippen LogP contribution is 2.52. The van der Waals surface area contributed by atoms with Crippen LogP contribution in [0.1, 0.15) is 58.3 Å². The minimum absolute atomic E-state index is 0.0679. The minimum Gasteiger partial charge on any atom is -0.490 e. The van der Waals surface area contributed by atoms with Gasteiger partial charge < -0.3 is 19.5 Å². The molecule has 1 aromatic carbocycles. The molecule has 1 aliphatic heterocycles. The van der Waals surface area contributed by atoms with E-state index in [-0.39, 0.29) is 29.8 Å². The van der Waals surface area contributed by atoms with E-state index in [1.165, 1.54) is 6.26 Å². The summed E-state index contributed by atoms with van der Waals surface area (Å²) >= 11 is 0. The summed E-state index contributed by atoms with van der Waals surface area (Å²) < 4.78 is 35.6. The molecule has 1 N–H and O–H groups in total. The molecule has 0 bridgehead atoms. The smallest absolute Gasteiger partial charge is 0.407 e. The largest absolute Gasteiger partial charge is 0.490 e. The van der Waals surface area contributed by atoms with Crippen LogP contribution in [0, 0.1) is 5.41 Å². The Kier molecular flexibility index (Phi) is 6.23. The molecule has 1 aromatic rings. The van der Waals surface area contributed by atoms with Crippen molar-refractivity contribution in [3.05, 3.63) is 24.3 Å². The molecule has 172 valence electrons. The van der Waals surface area contributed by atoms with Crippen molar-refractivity contribution >= 4 is 15.9 Å². The van der Waals surface area contributed by atoms with E-state index in [9.17, 15) is 18.3 Å². The van der Waals surface area contributed by atoms with Crippen molar-refractivity contribution < 1.29 is 27.8 Å². The summed E-state index contributed by atoms with van der Waals surface area (Å²) in [5.74, 6) is 0.693. The van der Waals surface area contributed by atoms with E-state index in [4.69, 9.17) is 9.47 Å². The summed E-state index contributed by atoms with van der Waals surface area (Å²) in [5.41, 5.74) is 0.124. The lowest BCUT2D eigenvalue weighted by Crippen LogP contribution is -2.51. The molecule has 1 heterocycles. The lowest BCUT2D eigenvalue weighted by atomic mass is 9.87. The molecule has 0 spiro atoms. The first-order valence-electron chi connectivity index (χ1n) is 11.3. The molecule has 1 amide bonds. The Morgan fingerprint density at radius 2 is 1.65 bits per heavy atom. The van der Waals surface area contributed by atoms with Gasteiger partial charge in [0.05, 0.1) is 23.2 Å². The third kappa shape index (κ3) is 5.34. The van der Waals surface area contributed by atoms with Crippen LogP contribution in [-0.2, 0) is 14.6 Å². The number of likely N-dealkylation sites (tertiary alicyclic amines) is 1. The number of hydrogen-bond donors (Lipinski definition) is 1. The molecule has 2 saturated carbocycles. The number of benzene rings is 1. The number of sulfone groups is 1. The molecule has 0 radical (unpaired) electrons. The van der Waals surface area contributed by atoms with Crippen LogP contribution in [0.15, 0.2) is 29.2 Å². The number of nitrogens with zero attached hydrogens (tertiary/aromatic N) is 1. The van der Waals surface area contributed by atoms with Crippen molar-refractivity contribution in [3.63, 3.8) is 0 Å². The van der Waals surface area contributed by atoms with Gasteiger partial charge in [-0.2, -0.15) is 0 Å². The van der Waals surface area contributed by atoms with Crippen LogP contribution in [0.25, 0.3) is 0 Å². The molecule has 8 heteroatoms. The SMILES string of the molecule is CC1(C2C[C@H](OC3CCC(Oc4ccc(S(C)(=O)=O)cc4)CC3)CCN2C(=O)O)CC1. The Morgan fingerprint density at radius 1 is 1.03 bits per heavy atom. The van der Waals surface area contributed by atoms with Crippen LogP contribution < -0.4 is 4.74 Å². The fourth-order valence-corrected chi connectivity index (χ4v) is 5.62. The Balaban J connectivity index is 1.25. The zero-order valence-electron chi connectivity index (χ0n) is 18.3. The van der Waals surface area contributed by atoms with Gasteiger partial charge in [0.2, 0.25) is 0 Å². The van der Waals surface area contributed by atoms with Gasteiger partial charge in [0, 0.05) is 18.8 Å². The summed E-state index contributed by atoms with van der Waals surface area (Å²) in [6, 6.07) is 6.67. The average Bonchev–Trinajstić information content (AvgIpc) is 3.48. The Morgan fingerprint density at radius 3 is 2.19 bits per heavy atom. The lowest BCUT2D eigenvalue weighted by molar-refractivity contribution is -0.0810. The van der Waals surface area contributed by atoms with E-state index in [2.05, 4.69) is 6.92 Å². The van der Waals surface area contributed by atoms with E-state index in [0.29, 0.717) is 17.2 Å². The number of amides is 1. The predicted octanol–water partition coefficient (Wildman–Crippen LogP) is 4.11. The van der Waals surface area contributed by atoms with Crippen LogP contribution in [-0.4, -0.2) is 61.7 Å². The Bertz CT molecular complexity index is 887. The zero-order chi connectivity index (χ0) is 22.2. The third-order valence-corrected chi connectivity index (χ3v) is 8.33. The summed E-state index contributed by atoms with van der Waals surface area (Å²) in [6.07, 6.45) is 8.22. The first kappa shape index (κ1) is 22.4. The molecule has 31 heavy (non-hydrogen) atoms. The second-order valence-corrected chi connectivity index (χ2v) is 11.7. The third-order valence-electron chi connectivity index (χ3n) is 7.20. The molecule has 1 saturated heterocycles. The maximum Gasteiger partial charge on any atom is 0.407 e. The number of ether oxygens (including phenoxy) is 2. The zero-order valence-corrected chi connectivity index (χ0v) is 19.1. The van der Waals surface area contributed by atoms with Crippen molar-refractivity contribution in [2.45, 2.75) is 87.5 Å². The first-order chi connectivity index (χ1) is 14.6. The summed E-state index contributed by atoms with van der Waals surface area (Å²) in [5, 5.41) is 9.55. The second kappa shape index (κ2) is 8.62. The normalized spacial score (nSPS) is 30.6. The van der Waals surface area contributed by atoms with Crippen molar-refractivity contribution in [3.8, 4) is 5.75 Å². The molecular formula is C23H33NO6S. The number of piperidine rings is 1. The van der Waals surface area contributed by atoms with Crippen LogP contribution in [0.5, 0.6) is 5.75 Å². The molecule has 2 aliphatic carbocycles. The fourth-order valence-electron chi connectivity index (χ4n) is 4.99. The lowest BCUT2D eigenvalue weighted by Gasteiger charge is -2.42. The van der Waals surface area contributed by atoms with Gasteiger partial charge in [-0.1, -0.05) is 6.92 Å². The van der Waals surface area contributed by atoms with Gasteiger partial charge >= 0.3 is 6.09 Å². The molecular weight excluding hydrogens is 418 g/mol. The fraction of sp³-hybridized carbons (Fsp3) is 0.696. The molecule has 1 unspecified atom stereocenters. The maximum absolute atomic E-state index is 11.6. The van der Waals surface area contributed by atoms with Crippen molar-refractivity contribution in [1.82, 2.24) is 4.90 Å². The van der Waals surface area contributed by atoms with E-state index >= 15 is 0 Å². The number of hydrogen-bond acceptors (Lipinski definition) is 5. The van der Waals surface area contributed by atoms with Gasteiger partial charge in [-0.25, -0.2) is 13.2 Å². The van der Waals surface area contributed by atoms with Crippen LogP contribution in [0.4, 0.5) is 4.79 Å². The average molecular weight is 452 g/mol. The number of rotatable bonds is 6. The number of carboxylic acid groups (broad SMARTS) is 1.